The Bertz CT molecular complexity index is 1290. The number of fused-ring (bicyclic) bond motifs is 1. The quantitative estimate of drug-likeness (QED) is 0.417. The number of nitriles is 1. The fraction of sp³-hybridized carbons (Fsp3) is 0.154. The summed E-state index contributed by atoms with van der Waals surface area (Å²) in [4.78, 5) is 12.4. The van der Waals surface area contributed by atoms with Gasteiger partial charge in [0.1, 0.15) is 28.9 Å². The Balaban J connectivity index is 1.56. The van der Waals surface area contributed by atoms with Crippen molar-refractivity contribution in [3.05, 3.63) is 99.4 Å². The van der Waals surface area contributed by atoms with Crippen LogP contribution in [0.3, 0.4) is 0 Å². The number of para-hydroxylation sites is 1. The van der Waals surface area contributed by atoms with Crippen LogP contribution in [0.4, 0.5) is 0 Å². The van der Waals surface area contributed by atoms with Crippen molar-refractivity contribution in [2.24, 2.45) is 5.73 Å². The minimum atomic E-state index is -0.555. The maximum Gasteiger partial charge on any atom is 0.349 e. The third kappa shape index (κ3) is 4.64. The smallest absolute Gasteiger partial charge is 0.349 e. The van der Waals surface area contributed by atoms with Gasteiger partial charge >= 0.3 is 5.97 Å². The third-order valence-electron chi connectivity index (χ3n) is 5.35. The van der Waals surface area contributed by atoms with Crippen LogP contribution in [0.2, 0.25) is 5.02 Å². The Labute approximate surface area is 196 Å². The first kappa shape index (κ1) is 22.3. The molecule has 0 aliphatic carbocycles. The monoisotopic (exact) mass is 460 g/mol. The number of carbonyl (C=O) groups is 1. The van der Waals surface area contributed by atoms with Crippen LogP contribution in [0.25, 0.3) is 0 Å². The highest BCUT2D eigenvalue weighted by molar-refractivity contribution is 6.30. The topological polar surface area (TPSA) is 94.6 Å². The Morgan fingerprint density at radius 2 is 1.85 bits per heavy atom. The average Bonchev–Trinajstić information content (AvgIpc) is 2.77. The fourth-order valence-electron chi connectivity index (χ4n) is 3.85. The minimum absolute atomic E-state index is 0.00295. The zero-order valence-corrected chi connectivity index (χ0v) is 18.8. The standard InChI is InChI=1S/C26H21ClN2O4/c1-15-5-3-6-16(2)25(15)31-14-23(30)32-19-9-10-20-22(12-19)33-26(29)21(13-28)24(20)17-7-4-8-18(27)11-17/h3-12,24H,14,29H2,1-2H3. The fourth-order valence-corrected chi connectivity index (χ4v) is 4.05. The van der Waals surface area contributed by atoms with E-state index in [0.717, 1.165) is 22.3 Å². The van der Waals surface area contributed by atoms with Crippen molar-refractivity contribution in [3.8, 4) is 23.3 Å². The van der Waals surface area contributed by atoms with Crippen molar-refractivity contribution < 1.29 is 19.0 Å². The number of ether oxygens (including phenoxy) is 3. The van der Waals surface area contributed by atoms with Crippen molar-refractivity contribution in [1.82, 2.24) is 0 Å². The number of aryl methyl sites for hydroxylation is 2. The zero-order valence-electron chi connectivity index (χ0n) is 18.1. The van der Waals surface area contributed by atoms with E-state index in [1.165, 1.54) is 0 Å². The summed E-state index contributed by atoms with van der Waals surface area (Å²) < 4.78 is 16.8. The number of allylic oxidation sites excluding steroid dienone is 1. The molecule has 0 spiro atoms. The van der Waals surface area contributed by atoms with Crippen LogP contribution in [-0.4, -0.2) is 12.6 Å². The molecule has 1 aliphatic heterocycles. The predicted molar refractivity (Wildman–Crippen MR) is 124 cm³/mol. The Kier molecular flexibility index (Phi) is 6.25. The molecule has 0 amide bonds. The molecule has 0 saturated heterocycles. The number of rotatable bonds is 5. The molecule has 7 heteroatoms. The van der Waals surface area contributed by atoms with Gasteiger partial charge in [-0.25, -0.2) is 4.79 Å². The molecule has 1 aliphatic rings. The van der Waals surface area contributed by atoms with E-state index in [-0.39, 0.29) is 23.8 Å². The lowest BCUT2D eigenvalue weighted by molar-refractivity contribution is -0.136. The van der Waals surface area contributed by atoms with Gasteiger partial charge in [-0.15, -0.1) is 0 Å². The molecule has 3 aromatic rings. The van der Waals surface area contributed by atoms with Gasteiger partial charge in [0, 0.05) is 16.7 Å². The molecule has 166 valence electrons. The van der Waals surface area contributed by atoms with E-state index in [4.69, 9.17) is 31.5 Å². The van der Waals surface area contributed by atoms with Gasteiger partial charge in [-0.1, -0.05) is 48.0 Å². The van der Waals surface area contributed by atoms with Crippen LogP contribution < -0.4 is 19.9 Å². The Morgan fingerprint density at radius 1 is 1.12 bits per heavy atom. The lowest BCUT2D eigenvalue weighted by Gasteiger charge is -2.26. The second-order valence-electron chi connectivity index (χ2n) is 7.66. The zero-order chi connectivity index (χ0) is 23.5. The average molecular weight is 461 g/mol. The maximum atomic E-state index is 12.4. The number of halogens is 1. The largest absolute Gasteiger partial charge is 0.481 e. The van der Waals surface area contributed by atoms with Crippen LogP contribution in [0.1, 0.15) is 28.2 Å². The van der Waals surface area contributed by atoms with Crippen molar-refractivity contribution >= 4 is 17.6 Å². The molecular formula is C26H21ClN2O4. The highest BCUT2D eigenvalue weighted by Crippen LogP contribution is 2.43. The van der Waals surface area contributed by atoms with Gasteiger partial charge in [0.2, 0.25) is 5.88 Å². The van der Waals surface area contributed by atoms with Crippen molar-refractivity contribution in [2.75, 3.05) is 6.61 Å². The van der Waals surface area contributed by atoms with Crippen molar-refractivity contribution in [1.29, 1.82) is 5.26 Å². The van der Waals surface area contributed by atoms with Crippen LogP contribution in [-0.2, 0) is 4.79 Å². The molecule has 0 bridgehead atoms. The van der Waals surface area contributed by atoms with Crippen LogP contribution >= 0.6 is 11.6 Å². The van der Waals surface area contributed by atoms with Gasteiger partial charge in [0.05, 0.1) is 5.92 Å². The SMILES string of the molecule is Cc1cccc(C)c1OCC(=O)Oc1ccc2c(c1)OC(N)=C(C#N)C2c1cccc(Cl)c1. The molecule has 2 N–H and O–H groups in total. The van der Waals surface area contributed by atoms with Gasteiger partial charge in [0.15, 0.2) is 6.61 Å². The molecule has 1 heterocycles. The Hall–Kier alpha value is -3.95. The summed E-state index contributed by atoms with van der Waals surface area (Å²) in [5.41, 5.74) is 9.72. The van der Waals surface area contributed by atoms with E-state index in [1.54, 1.807) is 30.3 Å². The van der Waals surface area contributed by atoms with Gasteiger partial charge in [0.25, 0.3) is 0 Å². The second-order valence-corrected chi connectivity index (χ2v) is 8.10. The first-order chi connectivity index (χ1) is 15.9. The molecular weight excluding hydrogens is 440 g/mol. The van der Waals surface area contributed by atoms with E-state index in [9.17, 15) is 10.1 Å². The summed E-state index contributed by atoms with van der Waals surface area (Å²) in [7, 11) is 0. The molecule has 1 unspecified atom stereocenters. The molecule has 33 heavy (non-hydrogen) atoms. The predicted octanol–water partition coefficient (Wildman–Crippen LogP) is 5.16. The van der Waals surface area contributed by atoms with E-state index >= 15 is 0 Å². The van der Waals surface area contributed by atoms with E-state index in [2.05, 4.69) is 6.07 Å². The number of hydrogen-bond donors (Lipinski definition) is 1. The summed E-state index contributed by atoms with van der Waals surface area (Å²) in [5.74, 6) is 0.335. The van der Waals surface area contributed by atoms with Crippen molar-refractivity contribution in [3.63, 3.8) is 0 Å². The summed E-state index contributed by atoms with van der Waals surface area (Å²) in [6, 6.07) is 20.1. The lowest BCUT2D eigenvalue weighted by atomic mass is 9.83. The third-order valence-corrected chi connectivity index (χ3v) is 5.58. The molecule has 1 atom stereocenters. The molecule has 6 nitrogen and oxygen atoms in total. The normalized spacial score (nSPS) is 14.7. The van der Waals surface area contributed by atoms with Crippen LogP contribution in [0, 0.1) is 25.2 Å². The lowest BCUT2D eigenvalue weighted by Crippen LogP contribution is -2.22. The maximum absolute atomic E-state index is 12.4. The summed E-state index contributed by atoms with van der Waals surface area (Å²) in [5, 5.41) is 10.2. The molecule has 0 radical (unpaired) electrons. The van der Waals surface area contributed by atoms with Gasteiger partial charge in [-0.2, -0.15) is 5.26 Å². The highest BCUT2D eigenvalue weighted by atomic mass is 35.5. The molecule has 3 aromatic carbocycles. The molecule has 0 aromatic heterocycles. The number of nitrogens with zero attached hydrogens (tertiary/aromatic N) is 1. The minimum Gasteiger partial charge on any atom is -0.481 e. The van der Waals surface area contributed by atoms with Gasteiger partial charge in [-0.3, -0.25) is 0 Å². The molecule has 4 rings (SSSR count). The summed E-state index contributed by atoms with van der Waals surface area (Å²) in [6.07, 6.45) is 0. The highest BCUT2D eigenvalue weighted by Gasteiger charge is 2.31. The number of nitrogens with two attached hydrogens (primary N) is 1. The summed E-state index contributed by atoms with van der Waals surface area (Å²) >= 11 is 6.16. The molecule has 0 saturated carbocycles. The number of esters is 1. The van der Waals surface area contributed by atoms with Crippen molar-refractivity contribution in [2.45, 2.75) is 19.8 Å². The van der Waals surface area contributed by atoms with E-state index < -0.39 is 11.9 Å². The van der Waals surface area contributed by atoms with Gasteiger partial charge < -0.3 is 19.9 Å². The molecule has 0 fully saturated rings. The van der Waals surface area contributed by atoms with Crippen LogP contribution in [0.15, 0.2) is 72.1 Å². The number of hydrogen-bond acceptors (Lipinski definition) is 6. The second kappa shape index (κ2) is 9.27. The van der Waals surface area contributed by atoms with Crippen LogP contribution in [0.5, 0.6) is 17.2 Å². The summed E-state index contributed by atoms with van der Waals surface area (Å²) in [6.45, 7) is 3.59. The Morgan fingerprint density at radius 3 is 2.55 bits per heavy atom. The van der Waals surface area contributed by atoms with E-state index in [0.29, 0.717) is 16.5 Å². The number of carbonyl (C=O) groups excluding carboxylic acids is 1. The van der Waals surface area contributed by atoms with Gasteiger partial charge in [-0.05, 0) is 48.7 Å². The number of benzene rings is 3. The van der Waals surface area contributed by atoms with E-state index in [1.807, 2.05) is 44.2 Å². The first-order valence-electron chi connectivity index (χ1n) is 10.2. The first-order valence-corrected chi connectivity index (χ1v) is 10.6.